The second kappa shape index (κ2) is 6.78. The number of halogens is 1. The number of hydrogen-bond acceptors (Lipinski definition) is 4. The molecule has 2 aromatic rings. The SMILES string of the molecule is COc1cccc(O)c1C(=O)N1CCN(c2ccccc2F)CC1. The van der Waals surface area contributed by atoms with Crippen LogP contribution in [0.5, 0.6) is 11.5 Å². The first-order valence-corrected chi connectivity index (χ1v) is 7.76. The fourth-order valence-electron chi connectivity index (χ4n) is 2.92. The Labute approximate surface area is 139 Å². The molecule has 3 rings (SSSR count). The monoisotopic (exact) mass is 330 g/mol. The highest BCUT2D eigenvalue weighted by atomic mass is 19.1. The molecule has 1 saturated heterocycles. The van der Waals surface area contributed by atoms with E-state index in [0.29, 0.717) is 37.6 Å². The van der Waals surface area contributed by atoms with Crippen molar-refractivity contribution in [2.45, 2.75) is 0 Å². The minimum atomic E-state index is -0.280. The summed E-state index contributed by atoms with van der Waals surface area (Å²) < 4.78 is 19.1. The number of anilines is 1. The molecule has 0 bridgehead atoms. The molecule has 0 aliphatic carbocycles. The van der Waals surface area contributed by atoms with Crippen molar-refractivity contribution in [1.29, 1.82) is 0 Å². The van der Waals surface area contributed by atoms with Gasteiger partial charge in [0.15, 0.2) is 0 Å². The fourth-order valence-corrected chi connectivity index (χ4v) is 2.92. The van der Waals surface area contributed by atoms with E-state index in [4.69, 9.17) is 4.74 Å². The molecule has 0 radical (unpaired) electrons. The zero-order valence-electron chi connectivity index (χ0n) is 13.4. The maximum Gasteiger partial charge on any atom is 0.261 e. The van der Waals surface area contributed by atoms with Gasteiger partial charge >= 0.3 is 0 Å². The third-order valence-electron chi connectivity index (χ3n) is 4.20. The molecule has 5 nitrogen and oxygen atoms in total. The quantitative estimate of drug-likeness (QED) is 0.939. The van der Waals surface area contributed by atoms with E-state index in [0.717, 1.165) is 0 Å². The Bertz CT molecular complexity index is 743. The van der Waals surface area contributed by atoms with E-state index in [1.165, 1.54) is 19.2 Å². The Balaban J connectivity index is 1.73. The summed E-state index contributed by atoms with van der Waals surface area (Å²) in [5, 5.41) is 10.0. The molecular formula is C18H19FN2O3. The lowest BCUT2D eigenvalue weighted by Gasteiger charge is -2.36. The van der Waals surface area contributed by atoms with Gasteiger partial charge in [-0.25, -0.2) is 4.39 Å². The van der Waals surface area contributed by atoms with Gasteiger partial charge in [-0.15, -0.1) is 0 Å². The summed E-state index contributed by atoms with van der Waals surface area (Å²) in [7, 11) is 1.46. The van der Waals surface area contributed by atoms with E-state index in [9.17, 15) is 14.3 Å². The third kappa shape index (κ3) is 2.99. The molecule has 1 N–H and O–H groups in total. The van der Waals surface area contributed by atoms with Crippen LogP contribution in [0.2, 0.25) is 0 Å². The first kappa shape index (κ1) is 16.1. The van der Waals surface area contributed by atoms with Crippen LogP contribution in [0.25, 0.3) is 0 Å². The number of nitrogens with zero attached hydrogens (tertiary/aromatic N) is 2. The van der Waals surface area contributed by atoms with E-state index >= 15 is 0 Å². The number of methoxy groups -OCH3 is 1. The molecule has 0 saturated carbocycles. The van der Waals surface area contributed by atoms with Gasteiger partial charge in [0.05, 0.1) is 12.8 Å². The lowest BCUT2D eigenvalue weighted by molar-refractivity contribution is 0.0740. The molecule has 1 amide bonds. The zero-order chi connectivity index (χ0) is 17.1. The molecule has 0 spiro atoms. The zero-order valence-corrected chi connectivity index (χ0v) is 13.4. The lowest BCUT2D eigenvalue weighted by atomic mass is 10.1. The number of amides is 1. The molecule has 0 aromatic heterocycles. The number of phenolic OH excluding ortho intramolecular Hbond substituents is 1. The molecule has 1 heterocycles. The van der Waals surface area contributed by atoms with Crippen molar-refractivity contribution in [3.05, 3.63) is 53.8 Å². The van der Waals surface area contributed by atoms with E-state index in [-0.39, 0.29) is 23.0 Å². The predicted molar refractivity (Wildman–Crippen MR) is 89.2 cm³/mol. The lowest BCUT2D eigenvalue weighted by Crippen LogP contribution is -2.49. The van der Waals surface area contributed by atoms with Crippen LogP contribution < -0.4 is 9.64 Å². The van der Waals surface area contributed by atoms with Gasteiger partial charge in [-0.3, -0.25) is 4.79 Å². The van der Waals surface area contributed by atoms with E-state index in [1.807, 2.05) is 4.90 Å². The summed E-state index contributed by atoms with van der Waals surface area (Å²) in [6, 6.07) is 11.3. The van der Waals surface area contributed by atoms with E-state index in [1.54, 1.807) is 35.2 Å². The standard InChI is InChI=1S/C18H19FN2O3/c1-24-16-8-4-7-15(22)17(16)18(23)21-11-9-20(10-12-21)14-6-3-2-5-13(14)19/h2-8,22H,9-12H2,1H3. The maximum atomic E-state index is 13.9. The molecule has 24 heavy (non-hydrogen) atoms. The van der Waals surface area contributed by atoms with Gasteiger partial charge in [-0.1, -0.05) is 18.2 Å². The van der Waals surface area contributed by atoms with Gasteiger partial charge in [-0.2, -0.15) is 0 Å². The Morgan fingerprint density at radius 1 is 1.08 bits per heavy atom. The van der Waals surface area contributed by atoms with Gasteiger partial charge in [0.25, 0.3) is 5.91 Å². The number of ether oxygens (including phenoxy) is 1. The normalized spacial score (nSPS) is 14.6. The molecular weight excluding hydrogens is 311 g/mol. The average Bonchev–Trinajstić information content (AvgIpc) is 2.61. The summed E-state index contributed by atoms with van der Waals surface area (Å²) in [6.07, 6.45) is 0. The van der Waals surface area contributed by atoms with Crippen molar-refractivity contribution < 1.29 is 19.0 Å². The first-order chi connectivity index (χ1) is 11.6. The summed E-state index contributed by atoms with van der Waals surface area (Å²) in [5.41, 5.74) is 0.712. The number of aromatic hydroxyl groups is 1. The summed E-state index contributed by atoms with van der Waals surface area (Å²) in [6.45, 7) is 1.96. The number of benzene rings is 2. The second-order valence-electron chi connectivity index (χ2n) is 5.59. The highest BCUT2D eigenvalue weighted by Gasteiger charge is 2.27. The molecule has 6 heteroatoms. The minimum absolute atomic E-state index is 0.101. The molecule has 1 fully saturated rings. The number of hydrogen-bond donors (Lipinski definition) is 1. The van der Waals surface area contributed by atoms with E-state index in [2.05, 4.69) is 0 Å². The van der Waals surface area contributed by atoms with Crippen LogP contribution in [0.15, 0.2) is 42.5 Å². The van der Waals surface area contributed by atoms with Gasteiger partial charge in [-0.05, 0) is 24.3 Å². The van der Waals surface area contributed by atoms with Crippen LogP contribution in [0.3, 0.4) is 0 Å². The number of carbonyl (C=O) groups is 1. The van der Waals surface area contributed by atoms with Crippen LogP contribution >= 0.6 is 0 Å². The number of rotatable bonds is 3. The summed E-state index contributed by atoms with van der Waals surface area (Å²) in [4.78, 5) is 16.3. The number of para-hydroxylation sites is 1. The van der Waals surface area contributed by atoms with Gasteiger partial charge in [0, 0.05) is 26.2 Å². The largest absolute Gasteiger partial charge is 0.507 e. The topological polar surface area (TPSA) is 53.0 Å². The molecule has 2 aromatic carbocycles. The average molecular weight is 330 g/mol. The van der Waals surface area contributed by atoms with Crippen LogP contribution in [0.4, 0.5) is 10.1 Å². The van der Waals surface area contributed by atoms with E-state index < -0.39 is 0 Å². The van der Waals surface area contributed by atoms with Crippen molar-refractivity contribution in [3.8, 4) is 11.5 Å². The van der Waals surface area contributed by atoms with Gasteiger partial charge in [0.2, 0.25) is 0 Å². The van der Waals surface area contributed by atoms with Crippen LogP contribution in [0.1, 0.15) is 10.4 Å². The molecule has 0 atom stereocenters. The minimum Gasteiger partial charge on any atom is -0.507 e. The van der Waals surface area contributed by atoms with Crippen molar-refractivity contribution in [1.82, 2.24) is 4.90 Å². The maximum absolute atomic E-state index is 13.9. The Morgan fingerprint density at radius 3 is 2.46 bits per heavy atom. The smallest absolute Gasteiger partial charge is 0.261 e. The highest BCUT2D eigenvalue weighted by molar-refractivity contribution is 5.99. The van der Waals surface area contributed by atoms with Crippen molar-refractivity contribution in [3.63, 3.8) is 0 Å². The third-order valence-corrected chi connectivity index (χ3v) is 4.20. The molecule has 1 aliphatic rings. The van der Waals surface area contributed by atoms with Crippen molar-refractivity contribution in [2.75, 3.05) is 38.2 Å². The molecule has 1 aliphatic heterocycles. The first-order valence-electron chi connectivity index (χ1n) is 7.76. The summed E-state index contributed by atoms with van der Waals surface area (Å²) in [5.74, 6) is -0.301. The molecule has 0 unspecified atom stereocenters. The molecule has 126 valence electrons. The predicted octanol–water partition coefficient (Wildman–Crippen LogP) is 2.50. The Hall–Kier alpha value is -2.76. The highest BCUT2D eigenvalue weighted by Crippen LogP contribution is 2.29. The van der Waals surface area contributed by atoms with Crippen molar-refractivity contribution in [2.24, 2.45) is 0 Å². The summed E-state index contributed by atoms with van der Waals surface area (Å²) >= 11 is 0. The van der Waals surface area contributed by atoms with Gasteiger partial charge in [0.1, 0.15) is 22.9 Å². The van der Waals surface area contributed by atoms with Gasteiger partial charge < -0.3 is 19.6 Å². The number of carbonyl (C=O) groups excluding carboxylic acids is 1. The Morgan fingerprint density at radius 2 is 1.79 bits per heavy atom. The van der Waals surface area contributed by atoms with Crippen LogP contribution in [0, 0.1) is 5.82 Å². The second-order valence-corrected chi connectivity index (χ2v) is 5.59. The number of piperazine rings is 1. The van der Waals surface area contributed by atoms with Crippen molar-refractivity contribution >= 4 is 11.6 Å². The van der Waals surface area contributed by atoms with Crippen LogP contribution in [-0.4, -0.2) is 49.2 Å². The number of phenols is 1. The van der Waals surface area contributed by atoms with Crippen LogP contribution in [-0.2, 0) is 0 Å². The fraction of sp³-hybridized carbons (Fsp3) is 0.278. The Kier molecular flexibility index (Phi) is 4.55.